The lowest BCUT2D eigenvalue weighted by Gasteiger charge is -2.45. The van der Waals surface area contributed by atoms with Gasteiger partial charge in [0.05, 0.1) is 13.2 Å². The van der Waals surface area contributed by atoms with E-state index in [1.165, 1.54) is 18.2 Å². The van der Waals surface area contributed by atoms with Crippen molar-refractivity contribution >= 4 is 23.0 Å². The van der Waals surface area contributed by atoms with Crippen molar-refractivity contribution in [2.75, 3.05) is 13.2 Å². The molecular formula is C35H34O19. The minimum absolute atomic E-state index is 0.0926. The summed E-state index contributed by atoms with van der Waals surface area (Å²) in [5, 5.41) is 112. The molecule has 2 fully saturated rings. The Morgan fingerprint density at radius 3 is 2.19 bits per heavy atom. The molecule has 2 aliphatic heterocycles. The summed E-state index contributed by atoms with van der Waals surface area (Å²) in [4.78, 5) is 26.8. The van der Waals surface area contributed by atoms with E-state index >= 15 is 0 Å². The van der Waals surface area contributed by atoms with Gasteiger partial charge < -0.3 is 84.3 Å². The molecule has 2 saturated heterocycles. The van der Waals surface area contributed by atoms with Crippen molar-refractivity contribution in [1.82, 2.24) is 0 Å². The minimum atomic E-state index is -2.02. The van der Waals surface area contributed by atoms with Crippen LogP contribution in [0.4, 0.5) is 0 Å². The maximum atomic E-state index is 14.0. The van der Waals surface area contributed by atoms with E-state index in [4.69, 9.17) is 28.1 Å². The fourth-order valence-corrected chi connectivity index (χ4v) is 5.79. The van der Waals surface area contributed by atoms with Gasteiger partial charge in [-0.25, -0.2) is 4.79 Å². The normalized spacial score (nSPS) is 27.2. The second-order valence-electron chi connectivity index (χ2n) is 12.3. The molecule has 19 nitrogen and oxygen atoms in total. The largest absolute Gasteiger partial charge is 0.508 e. The van der Waals surface area contributed by atoms with Crippen LogP contribution in [0, 0.1) is 0 Å². The van der Waals surface area contributed by atoms with E-state index in [-0.39, 0.29) is 16.7 Å². The number of phenols is 6. The lowest BCUT2D eigenvalue weighted by Crippen LogP contribution is -2.64. The van der Waals surface area contributed by atoms with Crippen molar-refractivity contribution in [3.05, 3.63) is 70.4 Å². The number of hydrogen-bond acceptors (Lipinski definition) is 19. The van der Waals surface area contributed by atoms with Crippen molar-refractivity contribution in [1.29, 1.82) is 0 Å². The number of rotatable bonds is 9. The number of aliphatic hydroxyl groups excluding tert-OH is 5. The SMILES string of the molecule is O=C(C=Cc1ccc(O)c(O)c1)O[C@H]1[C@H](O[C@@H]2[C@H](Oc3c(-c4ccc(O)c(O)c4)oc4cc(O)cc(O)c4c3=O)O[C@H](CO)[C@H](O)[C@@H]2O)OC[C@H](O)[C@@H]1O. The average molecular weight is 759 g/mol. The summed E-state index contributed by atoms with van der Waals surface area (Å²) < 4.78 is 34.2. The summed E-state index contributed by atoms with van der Waals surface area (Å²) >= 11 is 0. The van der Waals surface area contributed by atoms with Crippen LogP contribution < -0.4 is 10.2 Å². The third-order valence-electron chi connectivity index (χ3n) is 8.60. The predicted octanol–water partition coefficient (Wildman–Crippen LogP) is -0.400. The maximum Gasteiger partial charge on any atom is 0.331 e. The number of carbonyl (C=O) groups is 1. The molecule has 0 saturated carbocycles. The van der Waals surface area contributed by atoms with Gasteiger partial charge >= 0.3 is 5.97 Å². The maximum absolute atomic E-state index is 14.0. The lowest BCUT2D eigenvalue weighted by molar-refractivity contribution is -0.345. The van der Waals surface area contributed by atoms with Crippen molar-refractivity contribution in [3.8, 4) is 51.6 Å². The molecule has 54 heavy (non-hydrogen) atoms. The van der Waals surface area contributed by atoms with Crippen LogP contribution in [-0.4, -0.2) is 131 Å². The summed E-state index contributed by atoms with van der Waals surface area (Å²) in [6.45, 7) is -1.49. The average Bonchev–Trinajstić information content (AvgIpc) is 3.13. The molecule has 0 amide bonds. The number of ether oxygens (including phenoxy) is 5. The third-order valence-corrected chi connectivity index (χ3v) is 8.60. The topological polar surface area (TPSA) is 316 Å². The Kier molecular flexibility index (Phi) is 10.8. The zero-order valence-corrected chi connectivity index (χ0v) is 27.6. The van der Waals surface area contributed by atoms with Crippen molar-refractivity contribution in [2.24, 2.45) is 0 Å². The van der Waals surface area contributed by atoms with E-state index in [1.807, 2.05) is 0 Å². The zero-order chi connectivity index (χ0) is 39.0. The monoisotopic (exact) mass is 758 g/mol. The van der Waals surface area contributed by atoms with Crippen LogP contribution in [0.5, 0.6) is 40.2 Å². The second kappa shape index (κ2) is 15.4. The molecule has 3 heterocycles. The van der Waals surface area contributed by atoms with Crippen LogP contribution in [0.2, 0.25) is 0 Å². The van der Waals surface area contributed by atoms with Crippen molar-refractivity contribution in [3.63, 3.8) is 0 Å². The van der Waals surface area contributed by atoms with Gasteiger partial charge in [-0.3, -0.25) is 4.79 Å². The van der Waals surface area contributed by atoms with Gasteiger partial charge in [0.25, 0.3) is 0 Å². The van der Waals surface area contributed by atoms with E-state index in [0.717, 1.165) is 42.5 Å². The van der Waals surface area contributed by atoms with E-state index in [9.17, 15) is 65.8 Å². The molecule has 0 bridgehead atoms. The summed E-state index contributed by atoms with van der Waals surface area (Å²) in [5.41, 5.74) is -1.27. The number of phenolic OH excluding ortho intramolecular Hbond substituents is 6. The highest BCUT2D eigenvalue weighted by Crippen LogP contribution is 2.40. The van der Waals surface area contributed by atoms with Gasteiger partial charge in [-0.05, 0) is 42.0 Å². The molecule has 0 aliphatic carbocycles. The quantitative estimate of drug-likeness (QED) is 0.0588. The Morgan fingerprint density at radius 1 is 0.796 bits per heavy atom. The second-order valence-corrected chi connectivity index (χ2v) is 12.3. The van der Waals surface area contributed by atoms with Crippen LogP contribution in [0.15, 0.2) is 63.8 Å². The fourth-order valence-electron chi connectivity index (χ4n) is 5.79. The summed E-state index contributed by atoms with van der Waals surface area (Å²) in [7, 11) is 0. The summed E-state index contributed by atoms with van der Waals surface area (Å²) in [6, 6.07) is 8.75. The van der Waals surface area contributed by atoms with Crippen LogP contribution in [-0.2, 0) is 23.7 Å². The van der Waals surface area contributed by atoms with Gasteiger partial charge in [0.2, 0.25) is 17.5 Å². The number of carbonyl (C=O) groups excluding carboxylic acids is 1. The van der Waals surface area contributed by atoms with E-state index in [0.29, 0.717) is 0 Å². The minimum Gasteiger partial charge on any atom is -0.508 e. The van der Waals surface area contributed by atoms with Gasteiger partial charge in [0, 0.05) is 23.8 Å². The first-order valence-corrected chi connectivity index (χ1v) is 16.0. The first-order chi connectivity index (χ1) is 25.7. The van der Waals surface area contributed by atoms with E-state index < -0.39 is 131 Å². The summed E-state index contributed by atoms with van der Waals surface area (Å²) in [6.07, 6.45) is -14.4. The number of fused-ring (bicyclic) bond motifs is 1. The van der Waals surface area contributed by atoms with Gasteiger partial charge in [-0.2, -0.15) is 0 Å². The standard InChI is InChI=1S/C35H34O19/c36-11-23-27(46)29(48)33(54-34-32(26(45)21(43)12-49-34)52-24(44)6-2-13-1-4-16(38)18(40)7-13)35(51-23)53-31-28(47)25-20(42)9-15(37)10-22(25)50-30(31)14-3-5-17(39)19(41)8-14/h1-10,21,23,26-27,29,32-43,45-46,48H,11-12H2/t21-,23+,26-,27-,29-,32+,33-,34-,35-/m0/s1. The van der Waals surface area contributed by atoms with Crippen LogP contribution >= 0.6 is 0 Å². The molecule has 288 valence electrons. The Labute approximate surface area is 302 Å². The van der Waals surface area contributed by atoms with Gasteiger partial charge in [0.15, 0.2) is 47.3 Å². The Balaban J connectivity index is 1.36. The Morgan fingerprint density at radius 2 is 1.50 bits per heavy atom. The Hall–Kier alpha value is -5.64. The third kappa shape index (κ3) is 7.56. The first-order valence-electron chi connectivity index (χ1n) is 16.0. The molecule has 2 aliphatic rings. The fraction of sp³-hybridized carbons (Fsp3) is 0.314. The van der Waals surface area contributed by atoms with Gasteiger partial charge in [-0.15, -0.1) is 0 Å². The number of hydrogen-bond donors (Lipinski definition) is 11. The van der Waals surface area contributed by atoms with Crippen molar-refractivity contribution < 1.29 is 89.1 Å². The molecule has 3 aromatic carbocycles. The molecule has 0 radical (unpaired) electrons. The molecule has 0 unspecified atom stereocenters. The molecule has 11 N–H and O–H groups in total. The molecular weight excluding hydrogens is 724 g/mol. The zero-order valence-electron chi connectivity index (χ0n) is 27.6. The van der Waals surface area contributed by atoms with Crippen LogP contribution in [0.25, 0.3) is 28.4 Å². The van der Waals surface area contributed by atoms with Gasteiger partial charge in [-0.1, -0.05) is 6.07 Å². The smallest absolute Gasteiger partial charge is 0.331 e. The number of esters is 1. The van der Waals surface area contributed by atoms with E-state index in [1.54, 1.807) is 0 Å². The highest BCUT2D eigenvalue weighted by Gasteiger charge is 2.51. The lowest BCUT2D eigenvalue weighted by atomic mass is 9.98. The molecule has 1 aromatic heterocycles. The molecule has 19 heteroatoms. The Bertz CT molecular complexity index is 2110. The molecule has 0 spiro atoms. The number of aliphatic hydroxyl groups is 5. The molecule has 9 atom stereocenters. The molecule has 4 aromatic rings. The highest BCUT2D eigenvalue weighted by molar-refractivity contribution is 5.89. The first kappa shape index (κ1) is 38.1. The summed E-state index contributed by atoms with van der Waals surface area (Å²) in [5.74, 6) is -5.66. The number of aromatic hydroxyl groups is 6. The van der Waals surface area contributed by atoms with Crippen LogP contribution in [0.1, 0.15) is 5.56 Å². The molecule has 6 rings (SSSR count). The number of benzene rings is 3. The van der Waals surface area contributed by atoms with Crippen molar-refractivity contribution in [2.45, 2.75) is 55.3 Å². The van der Waals surface area contributed by atoms with E-state index in [2.05, 4.69) is 0 Å². The predicted molar refractivity (Wildman–Crippen MR) is 178 cm³/mol. The highest BCUT2D eigenvalue weighted by atomic mass is 16.8. The van der Waals surface area contributed by atoms with Crippen LogP contribution in [0.3, 0.4) is 0 Å². The van der Waals surface area contributed by atoms with Gasteiger partial charge in [0.1, 0.15) is 53.0 Å².